The maximum Gasteiger partial charge on any atom is 0.191 e. The highest BCUT2D eigenvalue weighted by Crippen LogP contribution is 2.24. The third-order valence-electron chi connectivity index (χ3n) is 4.96. The number of anilines is 1. The highest BCUT2D eigenvalue weighted by Gasteiger charge is 2.20. The summed E-state index contributed by atoms with van der Waals surface area (Å²) < 4.78 is 5.42. The predicted molar refractivity (Wildman–Crippen MR) is 133 cm³/mol. The minimum atomic E-state index is 0. The molecule has 2 aromatic rings. The van der Waals surface area contributed by atoms with Crippen molar-refractivity contribution in [3.63, 3.8) is 0 Å². The number of ether oxygens (including phenoxy) is 1. The number of nitrogens with zero attached hydrogens (tertiary/aromatic N) is 2. The van der Waals surface area contributed by atoms with Crippen molar-refractivity contribution >= 4 is 47.2 Å². The Kier molecular flexibility index (Phi) is 9.87. The van der Waals surface area contributed by atoms with Crippen LogP contribution in [0.25, 0.3) is 0 Å². The van der Waals surface area contributed by atoms with Gasteiger partial charge in [-0.25, -0.2) is 4.99 Å². The molecule has 7 heteroatoms. The van der Waals surface area contributed by atoms with Gasteiger partial charge in [0.25, 0.3) is 0 Å². The van der Waals surface area contributed by atoms with Gasteiger partial charge in [0.05, 0.1) is 13.7 Å². The van der Waals surface area contributed by atoms with Crippen LogP contribution in [0.1, 0.15) is 25.3 Å². The normalized spacial score (nSPS) is 14.9. The molecule has 29 heavy (non-hydrogen) atoms. The zero-order valence-electron chi connectivity index (χ0n) is 17.0. The van der Waals surface area contributed by atoms with Gasteiger partial charge in [-0.05, 0) is 44.0 Å². The van der Waals surface area contributed by atoms with Gasteiger partial charge in [-0.2, -0.15) is 0 Å². The molecule has 1 aliphatic heterocycles. The lowest BCUT2D eigenvalue weighted by Crippen LogP contribution is -2.48. The summed E-state index contributed by atoms with van der Waals surface area (Å²) in [6.45, 7) is 5.54. The van der Waals surface area contributed by atoms with E-state index < -0.39 is 0 Å². The van der Waals surface area contributed by atoms with Crippen molar-refractivity contribution in [2.45, 2.75) is 32.4 Å². The lowest BCUT2D eigenvalue weighted by atomic mass is 10.0. The molecule has 3 rings (SSSR count). The summed E-state index contributed by atoms with van der Waals surface area (Å²) in [4.78, 5) is 7.20. The summed E-state index contributed by atoms with van der Waals surface area (Å²) in [5.74, 6) is 1.61. The number of piperidine rings is 1. The second-order valence-corrected chi connectivity index (χ2v) is 7.33. The van der Waals surface area contributed by atoms with Gasteiger partial charge in [0, 0.05) is 41.9 Å². The number of para-hydroxylation sites is 1. The Morgan fingerprint density at radius 1 is 1.17 bits per heavy atom. The molecule has 0 unspecified atom stereocenters. The molecule has 158 valence electrons. The molecule has 0 aromatic heterocycles. The number of guanidine groups is 1. The average molecular weight is 529 g/mol. The third kappa shape index (κ3) is 6.96. The lowest BCUT2D eigenvalue weighted by molar-refractivity contribution is 0.410. The van der Waals surface area contributed by atoms with Crippen LogP contribution in [0.4, 0.5) is 5.69 Å². The van der Waals surface area contributed by atoms with E-state index in [4.69, 9.17) is 21.3 Å². The number of rotatable bonds is 6. The summed E-state index contributed by atoms with van der Waals surface area (Å²) in [6.07, 6.45) is 2.17. The summed E-state index contributed by atoms with van der Waals surface area (Å²) in [6, 6.07) is 16.7. The Bertz CT molecular complexity index is 780. The number of aliphatic imine (C=N–C) groups is 1. The van der Waals surface area contributed by atoms with Crippen LogP contribution < -0.4 is 20.3 Å². The summed E-state index contributed by atoms with van der Waals surface area (Å²) in [5, 5.41) is 7.61. The van der Waals surface area contributed by atoms with E-state index in [0.29, 0.717) is 17.6 Å². The number of benzene rings is 2. The van der Waals surface area contributed by atoms with Crippen LogP contribution in [0.2, 0.25) is 5.02 Å². The molecule has 1 aliphatic rings. The van der Waals surface area contributed by atoms with Crippen LogP contribution in [0.5, 0.6) is 5.75 Å². The Morgan fingerprint density at radius 3 is 2.55 bits per heavy atom. The van der Waals surface area contributed by atoms with Crippen molar-refractivity contribution < 1.29 is 4.74 Å². The first-order chi connectivity index (χ1) is 13.7. The molecule has 0 aliphatic carbocycles. The number of nitrogens with one attached hydrogen (secondary N) is 2. The monoisotopic (exact) mass is 528 g/mol. The molecular formula is C22H30ClIN4O. The SMILES string of the molecule is CCNC(=NCc1ccc(Cl)cc1OC)NC1CCN(c2ccccc2)CC1.I. The molecule has 0 saturated carbocycles. The second-order valence-electron chi connectivity index (χ2n) is 6.89. The van der Waals surface area contributed by atoms with Gasteiger partial charge in [-0.1, -0.05) is 35.9 Å². The fourth-order valence-corrected chi connectivity index (χ4v) is 3.61. The van der Waals surface area contributed by atoms with Crippen molar-refractivity contribution in [2.24, 2.45) is 4.99 Å². The van der Waals surface area contributed by atoms with E-state index in [2.05, 4.69) is 52.8 Å². The molecular weight excluding hydrogens is 499 g/mol. The highest BCUT2D eigenvalue weighted by atomic mass is 127. The fraction of sp³-hybridized carbons (Fsp3) is 0.409. The average Bonchev–Trinajstić information content (AvgIpc) is 2.74. The van der Waals surface area contributed by atoms with Crippen LogP contribution in [0.3, 0.4) is 0 Å². The van der Waals surface area contributed by atoms with E-state index in [-0.39, 0.29) is 24.0 Å². The molecule has 5 nitrogen and oxygen atoms in total. The van der Waals surface area contributed by atoms with E-state index in [9.17, 15) is 0 Å². The maximum atomic E-state index is 6.05. The first kappa shape index (κ1) is 23.6. The first-order valence-corrected chi connectivity index (χ1v) is 10.2. The number of halogens is 2. The minimum Gasteiger partial charge on any atom is -0.496 e. The van der Waals surface area contributed by atoms with E-state index in [1.165, 1.54) is 5.69 Å². The quantitative estimate of drug-likeness (QED) is 0.324. The lowest BCUT2D eigenvalue weighted by Gasteiger charge is -2.34. The van der Waals surface area contributed by atoms with Crippen molar-refractivity contribution in [3.8, 4) is 5.75 Å². The number of hydrogen-bond acceptors (Lipinski definition) is 3. The highest BCUT2D eigenvalue weighted by molar-refractivity contribution is 14.0. The number of methoxy groups -OCH3 is 1. The Labute approximate surface area is 195 Å². The van der Waals surface area contributed by atoms with Gasteiger partial charge in [0.1, 0.15) is 5.75 Å². The van der Waals surface area contributed by atoms with Crippen molar-refractivity contribution in [3.05, 3.63) is 59.1 Å². The molecule has 0 bridgehead atoms. The van der Waals surface area contributed by atoms with Gasteiger partial charge >= 0.3 is 0 Å². The van der Waals surface area contributed by atoms with Crippen LogP contribution in [-0.4, -0.2) is 38.7 Å². The molecule has 2 N–H and O–H groups in total. The van der Waals surface area contributed by atoms with Crippen molar-refractivity contribution in [1.82, 2.24) is 10.6 Å². The molecule has 1 fully saturated rings. The van der Waals surface area contributed by atoms with Gasteiger partial charge < -0.3 is 20.3 Å². The molecule has 1 saturated heterocycles. The van der Waals surface area contributed by atoms with E-state index in [1.54, 1.807) is 7.11 Å². The van der Waals surface area contributed by atoms with E-state index in [1.807, 2.05) is 18.2 Å². The number of hydrogen-bond donors (Lipinski definition) is 2. The molecule has 2 aromatic carbocycles. The third-order valence-corrected chi connectivity index (χ3v) is 5.19. The summed E-state index contributed by atoms with van der Waals surface area (Å²) in [5.41, 5.74) is 2.32. The van der Waals surface area contributed by atoms with Crippen LogP contribution in [-0.2, 0) is 6.54 Å². The fourth-order valence-electron chi connectivity index (χ4n) is 3.45. The van der Waals surface area contributed by atoms with Crippen LogP contribution >= 0.6 is 35.6 Å². The van der Waals surface area contributed by atoms with Gasteiger partial charge in [-0.15, -0.1) is 24.0 Å². The summed E-state index contributed by atoms with van der Waals surface area (Å²) in [7, 11) is 1.66. The molecule has 0 atom stereocenters. The predicted octanol–water partition coefficient (Wildman–Crippen LogP) is 4.69. The van der Waals surface area contributed by atoms with Crippen molar-refractivity contribution in [2.75, 3.05) is 31.6 Å². The van der Waals surface area contributed by atoms with Crippen LogP contribution in [0, 0.1) is 0 Å². The molecule has 1 heterocycles. The van der Waals surface area contributed by atoms with Crippen molar-refractivity contribution in [1.29, 1.82) is 0 Å². The first-order valence-electron chi connectivity index (χ1n) is 9.87. The standard InChI is InChI=1S/C22H29ClN4O.HI/c1-3-24-22(25-16-17-9-10-18(23)15-21(17)28-2)26-19-11-13-27(14-12-19)20-7-5-4-6-8-20;/h4-10,15,19H,3,11-14,16H2,1-2H3,(H2,24,25,26);1H. The summed E-state index contributed by atoms with van der Waals surface area (Å²) >= 11 is 6.05. The Morgan fingerprint density at radius 2 is 1.90 bits per heavy atom. The zero-order chi connectivity index (χ0) is 19.8. The smallest absolute Gasteiger partial charge is 0.191 e. The zero-order valence-corrected chi connectivity index (χ0v) is 20.1. The topological polar surface area (TPSA) is 48.9 Å². The van der Waals surface area contributed by atoms with Crippen LogP contribution in [0.15, 0.2) is 53.5 Å². The Hall–Kier alpha value is -1.67. The Balaban J connectivity index is 0.00000300. The van der Waals surface area contributed by atoms with Gasteiger partial charge in [0.15, 0.2) is 5.96 Å². The minimum absolute atomic E-state index is 0. The molecule has 0 spiro atoms. The maximum absolute atomic E-state index is 6.05. The molecule has 0 radical (unpaired) electrons. The second kappa shape index (κ2) is 12.1. The van der Waals surface area contributed by atoms with Gasteiger partial charge in [-0.3, -0.25) is 0 Å². The van der Waals surface area contributed by atoms with E-state index in [0.717, 1.165) is 49.7 Å². The van der Waals surface area contributed by atoms with E-state index >= 15 is 0 Å². The van der Waals surface area contributed by atoms with Gasteiger partial charge in [0.2, 0.25) is 0 Å². The largest absolute Gasteiger partial charge is 0.496 e. The molecule has 0 amide bonds.